The minimum atomic E-state index is -0.279. The van der Waals surface area contributed by atoms with Gasteiger partial charge in [-0.15, -0.1) is 0 Å². The summed E-state index contributed by atoms with van der Waals surface area (Å²) in [5.74, 6) is 1.81. The molecular weight excluding hydrogens is 536 g/mol. The Balaban J connectivity index is 1.25. The highest BCUT2D eigenvalue weighted by molar-refractivity contribution is 8.26. The van der Waals surface area contributed by atoms with Crippen molar-refractivity contribution in [2.45, 2.75) is 20.4 Å². The Kier molecular flexibility index (Phi) is 8.04. The lowest BCUT2D eigenvalue weighted by molar-refractivity contribution is -0.122. The number of hydrogen-bond donors (Lipinski definition) is 1. The van der Waals surface area contributed by atoms with Crippen molar-refractivity contribution in [1.82, 2.24) is 4.90 Å². The third-order valence-corrected chi connectivity index (χ3v) is 7.26. The van der Waals surface area contributed by atoms with Crippen LogP contribution in [-0.4, -0.2) is 41.0 Å². The van der Waals surface area contributed by atoms with E-state index < -0.39 is 0 Å². The van der Waals surface area contributed by atoms with E-state index in [0.29, 0.717) is 51.1 Å². The molecule has 0 atom stereocenters. The van der Waals surface area contributed by atoms with E-state index in [1.807, 2.05) is 56.3 Å². The van der Waals surface area contributed by atoms with E-state index >= 15 is 0 Å². The molecule has 0 aliphatic carbocycles. The number of aryl methyl sites for hydroxylation is 1. The smallest absolute Gasteiger partial charge is 0.266 e. The van der Waals surface area contributed by atoms with Crippen molar-refractivity contribution in [3.63, 3.8) is 0 Å². The van der Waals surface area contributed by atoms with Gasteiger partial charge >= 0.3 is 0 Å². The van der Waals surface area contributed by atoms with Crippen LogP contribution in [0, 0.1) is 6.92 Å². The van der Waals surface area contributed by atoms with Gasteiger partial charge in [-0.2, -0.15) is 0 Å². The van der Waals surface area contributed by atoms with E-state index in [2.05, 4.69) is 5.32 Å². The first-order chi connectivity index (χ1) is 18.9. The predicted molar refractivity (Wildman–Crippen MR) is 154 cm³/mol. The van der Waals surface area contributed by atoms with Crippen molar-refractivity contribution in [1.29, 1.82) is 0 Å². The molecule has 0 bridgehead atoms. The second-order valence-electron chi connectivity index (χ2n) is 8.80. The maximum Gasteiger partial charge on any atom is 0.266 e. The van der Waals surface area contributed by atoms with Crippen LogP contribution < -0.4 is 24.3 Å². The summed E-state index contributed by atoms with van der Waals surface area (Å²) >= 11 is 6.75. The SMILES string of the molecule is CCOc1cc(/C=C2\SC(=S)N(Cc3ccc4c(c3)OCO4)C2=O)ccc1OCC(=O)Nc1cccc(C)c1. The Morgan fingerprint density at radius 3 is 2.74 bits per heavy atom. The van der Waals surface area contributed by atoms with E-state index in [9.17, 15) is 9.59 Å². The predicted octanol–water partition coefficient (Wildman–Crippen LogP) is 5.54. The number of carbonyl (C=O) groups excluding carboxylic acids is 2. The molecule has 1 N–H and O–H groups in total. The average Bonchev–Trinajstić information content (AvgIpc) is 3.48. The van der Waals surface area contributed by atoms with Gasteiger partial charge in [-0.1, -0.05) is 48.2 Å². The van der Waals surface area contributed by atoms with Gasteiger partial charge in [-0.05, 0) is 73.0 Å². The van der Waals surface area contributed by atoms with Gasteiger partial charge in [-0.3, -0.25) is 14.5 Å². The second kappa shape index (κ2) is 11.8. The molecular formula is C29H26N2O6S2. The number of nitrogens with one attached hydrogen (secondary N) is 1. The lowest BCUT2D eigenvalue weighted by Gasteiger charge is -2.15. The molecule has 10 heteroatoms. The molecule has 0 saturated carbocycles. The van der Waals surface area contributed by atoms with Crippen LogP contribution in [0.4, 0.5) is 5.69 Å². The number of fused-ring (bicyclic) bond motifs is 1. The molecule has 2 aliphatic rings. The number of anilines is 1. The molecule has 2 amide bonds. The van der Waals surface area contributed by atoms with Crippen molar-refractivity contribution in [3.8, 4) is 23.0 Å². The third kappa shape index (κ3) is 6.35. The number of amides is 2. The summed E-state index contributed by atoms with van der Waals surface area (Å²) in [5.41, 5.74) is 3.40. The molecule has 0 spiro atoms. The fourth-order valence-electron chi connectivity index (χ4n) is 4.07. The van der Waals surface area contributed by atoms with Gasteiger partial charge < -0.3 is 24.3 Å². The molecule has 8 nitrogen and oxygen atoms in total. The van der Waals surface area contributed by atoms with Crippen molar-refractivity contribution in [3.05, 3.63) is 82.3 Å². The largest absolute Gasteiger partial charge is 0.490 e. The molecule has 39 heavy (non-hydrogen) atoms. The number of carbonyl (C=O) groups is 2. The summed E-state index contributed by atoms with van der Waals surface area (Å²) in [4.78, 5) is 27.6. The van der Waals surface area contributed by atoms with Crippen molar-refractivity contribution in [2.24, 2.45) is 0 Å². The van der Waals surface area contributed by atoms with Crippen LogP contribution in [-0.2, 0) is 16.1 Å². The molecule has 3 aromatic carbocycles. The van der Waals surface area contributed by atoms with Crippen molar-refractivity contribution >= 4 is 51.9 Å². The van der Waals surface area contributed by atoms with Crippen LogP contribution in [0.15, 0.2) is 65.6 Å². The first-order valence-corrected chi connectivity index (χ1v) is 13.5. The first kappa shape index (κ1) is 26.6. The van der Waals surface area contributed by atoms with Gasteiger partial charge in [0, 0.05) is 5.69 Å². The van der Waals surface area contributed by atoms with Gasteiger partial charge in [0.1, 0.15) is 4.32 Å². The minimum absolute atomic E-state index is 0.172. The van der Waals surface area contributed by atoms with Gasteiger partial charge in [0.05, 0.1) is 18.1 Å². The molecule has 1 fully saturated rings. The Hall–Kier alpha value is -4.02. The topological polar surface area (TPSA) is 86.3 Å². The lowest BCUT2D eigenvalue weighted by atomic mass is 10.1. The van der Waals surface area contributed by atoms with Gasteiger partial charge in [0.15, 0.2) is 29.6 Å². The summed E-state index contributed by atoms with van der Waals surface area (Å²) in [6.07, 6.45) is 1.77. The standard InChI is InChI=1S/C29H26N2O6S2/c1-3-34-24-12-19(7-9-22(24)35-16-27(32)30-21-6-4-5-18(2)11-21)14-26-28(33)31(29(38)39-26)15-20-8-10-23-25(13-20)37-17-36-23/h4-14H,3,15-17H2,1-2H3,(H,30,32)/b26-14-. The molecule has 1 saturated heterocycles. The summed E-state index contributed by atoms with van der Waals surface area (Å²) in [6, 6.07) is 18.4. The highest BCUT2D eigenvalue weighted by atomic mass is 32.2. The van der Waals surface area contributed by atoms with E-state index in [1.165, 1.54) is 11.8 Å². The Bertz CT molecular complexity index is 1470. The fourth-order valence-corrected chi connectivity index (χ4v) is 5.33. The monoisotopic (exact) mass is 562 g/mol. The van der Waals surface area contributed by atoms with Crippen LogP contribution in [0.3, 0.4) is 0 Å². The molecule has 2 aliphatic heterocycles. The lowest BCUT2D eigenvalue weighted by Crippen LogP contribution is -2.27. The maximum atomic E-state index is 13.2. The molecule has 0 unspecified atom stereocenters. The molecule has 2 heterocycles. The highest BCUT2D eigenvalue weighted by Gasteiger charge is 2.32. The van der Waals surface area contributed by atoms with Crippen LogP contribution in [0.2, 0.25) is 0 Å². The normalized spacial score (nSPS) is 15.1. The summed E-state index contributed by atoms with van der Waals surface area (Å²) in [7, 11) is 0. The molecule has 5 rings (SSSR count). The van der Waals surface area contributed by atoms with E-state index in [0.717, 1.165) is 16.7 Å². The number of rotatable bonds is 9. The zero-order valence-corrected chi connectivity index (χ0v) is 23.0. The Labute approximate surface area is 235 Å². The summed E-state index contributed by atoms with van der Waals surface area (Å²) in [6.45, 7) is 4.58. The molecule has 0 radical (unpaired) electrons. The average molecular weight is 563 g/mol. The van der Waals surface area contributed by atoms with E-state index in [-0.39, 0.29) is 25.2 Å². The second-order valence-corrected chi connectivity index (χ2v) is 10.5. The molecule has 200 valence electrons. The number of thiocarbonyl (C=S) groups is 1. The highest BCUT2D eigenvalue weighted by Crippen LogP contribution is 2.37. The van der Waals surface area contributed by atoms with Crippen molar-refractivity contribution in [2.75, 3.05) is 25.3 Å². The number of thioether (sulfide) groups is 1. The zero-order valence-electron chi connectivity index (χ0n) is 21.4. The fraction of sp³-hybridized carbons (Fsp3) is 0.207. The molecule has 0 aromatic heterocycles. The van der Waals surface area contributed by atoms with Crippen molar-refractivity contribution < 1.29 is 28.5 Å². The number of hydrogen-bond acceptors (Lipinski definition) is 8. The van der Waals surface area contributed by atoms with E-state index in [4.69, 9.17) is 31.2 Å². The van der Waals surface area contributed by atoms with Crippen LogP contribution in [0.1, 0.15) is 23.6 Å². The minimum Gasteiger partial charge on any atom is -0.490 e. The number of nitrogens with zero attached hydrogens (tertiary/aromatic N) is 1. The van der Waals surface area contributed by atoms with Gasteiger partial charge in [-0.25, -0.2) is 0 Å². The van der Waals surface area contributed by atoms with E-state index in [1.54, 1.807) is 29.2 Å². The third-order valence-electron chi connectivity index (χ3n) is 5.88. The number of ether oxygens (including phenoxy) is 4. The summed E-state index contributed by atoms with van der Waals surface area (Å²) < 4.78 is 22.8. The Morgan fingerprint density at radius 2 is 1.92 bits per heavy atom. The summed E-state index contributed by atoms with van der Waals surface area (Å²) in [5, 5.41) is 2.82. The molecule has 3 aromatic rings. The Morgan fingerprint density at radius 1 is 1.08 bits per heavy atom. The van der Waals surface area contributed by atoms with Crippen LogP contribution >= 0.6 is 24.0 Å². The quantitative estimate of drug-likeness (QED) is 0.269. The van der Waals surface area contributed by atoms with Gasteiger partial charge in [0.2, 0.25) is 6.79 Å². The number of benzene rings is 3. The maximum absolute atomic E-state index is 13.2. The first-order valence-electron chi connectivity index (χ1n) is 12.3. The van der Waals surface area contributed by atoms with Gasteiger partial charge in [0.25, 0.3) is 11.8 Å². The van der Waals surface area contributed by atoms with Crippen LogP contribution in [0.5, 0.6) is 23.0 Å². The zero-order chi connectivity index (χ0) is 27.4. The van der Waals surface area contributed by atoms with Crippen LogP contribution in [0.25, 0.3) is 6.08 Å².